The molecule has 0 radical (unpaired) electrons. The SMILES string of the molecule is Cc1cc2c3ccccc3n(C(=O)OC(C)(C)C)c2c2ccsc12. The minimum absolute atomic E-state index is 0.329. The van der Waals surface area contributed by atoms with Crippen LogP contribution in [0.2, 0.25) is 0 Å². The quantitative estimate of drug-likeness (QED) is 0.388. The van der Waals surface area contributed by atoms with Crippen LogP contribution in [0.4, 0.5) is 4.79 Å². The number of rotatable bonds is 0. The lowest BCUT2D eigenvalue weighted by molar-refractivity contribution is 0.0551. The van der Waals surface area contributed by atoms with Crippen molar-refractivity contribution in [2.24, 2.45) is 0 Å². The number of nitrogens with zero attached hydrogens (tertiary/aromatic N) is 1. The monoisotopic (exact) mass is 337 g/mol. The summed E-state index contributed by atoms with van der Waals surface area (Å²) in [5.74, 6) is 0. The number of fused-ring (bicyclic) bond motifs is 5. The van der Waals surface area contributed by atoms with Crippen LogP contribution in [0.1, 0.15) is 26.3 Å². The van der Waals surface area contributed by atoms with Gasteiger partial charge < -0.3 is 4.74 Å². The number of aryl methyl sites for hydroxylation is 1. The molecule has 0 amide bonds. The van der Waals surface area contributed by atoms with E-state index in [-0.39, 0.29) is 6.09 Å². The smallest absolute Gasteiger partial charge is 0.419 e. The highest BCUT2D eigenvalue weighted by molar-refractivity contribution is 7.17. The molecule has 0 saturated carbocycles. The molecule has 0 spiro atoms. The first-order chi connectivity index (χ1) is 11.4. The van der Waals surface area contributed by atoms with Crippen molar-refractivity contribution in [3.8, 4) is 0 Å². The number of thiophene rings is 1. The van der Waals surface area contributed by atoms with Gasteiger partial charge in [0, 0.05) is 20.9 Å². The Balaban J connectivity index is 2.17. The Morgan fingerprint density at radius 1 is 1.08 bits per heavy atom. The maximum absolute atomic E-state index is 12.9. The van der Waals surface area contributed by atoms with Crippen molar-refractivity contribution < 1.29 is 9.53 Å². The maximum Gasteiger partial charge on any atom is 0.419 e. The molecule has 2 aromatic carbocycles. The number of benzene rings is 2. The highest BCUT2D eigenvalue weighted by atomic mass is 32.1. The van der Waals surface area contributed by atoms with Crippen LogP contribution in [0.25, 0.3) is 31.9 Å². The fourth-order valence-corrected chi connectivity index (χ4v) is 4.13. The third-order valence-electron chi connectivity index (χ3n) is 4.13. The largest absolute Gasteiger partial charge is 0.443 e. The molecule has 4 rings (SSSR count). The van der Waals surface area contributed by atoms with E-state index in [0.29, 0.717) is 0 Å². The van der Waals surface area contributed by atoms with Crippen molar-refractivity contribution in [3.05, 3.63) is 47.3 Å². The number of hydrogen-bond acceptors (Lipinski definition) is 3. The molecule has 4 heteroatoms. The van der Waals surface area contributed by atoms with E-state index >= 15 is 0 Å². The zero-order valence-corrected chi connectivity index (χ0v) is 15.0. The molecule has 0 aliphatic heterocycles. The highest BCUT2D eigenvalue weighted by Gasteiger charge is 2.24. The zero-order chi connectivity index (χ0) is 17.1. The Bertz CT molecular complexity index is 1100. The van der Waals surface area contributed by atoms with Gasteiger partial charge in [-0.25, -0.2) is 9.36 Å². The molecule has 3 nitrogen and oxygen atoms in total. The van der Waals surface area contributed by atoms with Crippen LogP contribution >= 0.6 is 11.3 Å². The first-order valence-corrected chi connectivity index (χ1v) is 8.88. The van der Waals surface area contributed by atoms with Gasteiger partial charge in [-0.3, -0.25) is 0 Å². The molecule has 0 N–H and O–H groups in total. The van der Waals surface area contributed by atoms with Gasteiger partial charge in [0.05, 0.1) is 11.0 Å². The Kier molecular flexibility index (Phi) is 3.22. The molecule has 4 aromatic rings. The normalized spacial score (nSPS) is 12.3. The number of carbonyl (C=O) groups excluding carboxylic acids is 1. The summed E-state index contributed by atoms with van der Waals surface area (Å²) in [5, 5.41) is 5.36. The van der Waals surface area contributed by atoms with Crippen molar-refractivity contribution in [2.75, 3.05) is 0 Å². The van der Waals surface area contributed by atoms with Crippen molar-refractivity contribution in [1.29, 1.82) is 0 Å². The van der Waals surface area contributed by atoms with E-state index in [1.807, 2.05) is 39.0 Å². The molecule has 2 heterocycles. The van der Waals surface area contributed by atoms with E-state index in [2.05, 4.69) is 30.5 Å². The van der Waals surface area contributed by atoms with Crippen LogP contribution < -0.4 is 0 Å². The minimum Gasteiger partial charge on any atom is -0.443 e. The van der Waals surface area contributed by atoms with Crippen molar-refractivity contribution in [2.45, 2.75) is 33.3 Å². The van der Waals surface area contributed by atoms with Gasteiger partial charge >= 0.3 is 6.09 Å². The zero-order valence-electron chi connectivity index (χ0n) is 14.2. The topological polar surface area (TPSA) is 31.2 Å². The number of para-hydroxylation sites is 1. The number of carbonyl (C=O) groups is 1. The number of hydrogen-bond donors (Lipinski definition) is 0. The van der Waals surface area contributed by atoms with Gasteiger partial charge in [0.2, 0.25) is 0 Å². The summed E-state index contributed by atoms with van der Waals surface area (Å²) in [5.41, 5.74) is 2.53. The van der Waals surface area contributed by atoms with Gasteiger partial charge in [0.25, 0.3) is 0 Å². The standard InChI is InChI=1S/C20H19NO2S/c1-12-11-15-13-7-5-6-8-16(13)21(19(22)23-20(2,3)4)17(15)14-9-10-24-18(12)14/h5-11H,1-4H3. The summed E-state index contributed by atoms with van der Waals surface area (Å²) in [4.78, 5) is 12.9. The van der Waals surface area contributed by atoms with Crippen LogP contribution in [-0.4, -0.2) is 16.3 Å². The summed E-state index contributed by atoms with van der Waals surface area (Å²) in [6.45, 7) is 7.80. The van der Waals surface area contributed by atoms with Gasteiger partial charge in [-0.2, -0.15) is 0 Å². The number of ether oxygens (including phenoxy) is 1. The molecule has 0 bridgehead atoms. The highest BCUT2D eigenvalue weighted by Crippen LogP contribution is 2.38. The predicted molar refractivity (Wildman–Crippen MR) is 101 cm³/mol. The van der Waals surface area contributed by atoms with E-state index in [0.717, 1.165) is 27.2 Å². The lowest BCUT2D eigenvalue weighted by Gasteiger charge is -2.20. The molecule has 0 aliphatic rings. The van der Waals surface area contributed by atoms with Gasteiger partial charge in [-0.15, -0.1) is 11.3 Å². The molecule has 0 fully saturated rings. The molecule has 0 saturated heterocycles. The van der Waals surface area contributed by atoms with Crippen LogP contribution in [0.3, 0.4) is 0 Å². The van der Waals surface area contributed by atoms with Crippen LogP contribution in [-0.2, 0) is 4.74 Å². The second-order valence-corrected chi connectivity index (χ2v) is 8.00. The Hall–Kier alpha value is -2.33. The van der Waals surface area contributed by atoms with Crippen molar-refractivity contribution >= 4 is 49.3 Å². The summed E-state index contributed by atoms with van der Waals surface area (Å²) in [6.07, 6.45) is -0.329. The fourth-order valence-electron chi connectivity index (χ4n) is 3.26. The van der Waals surface area contributed by atoms with Gasteiger partial charge in [-0.1, -0.05) is 18.2 Å². The van der Waals surface area contributed by atoms with Crippen molar-refractivity contribution in [1.82, 2.24) is 4.57 Å². The van der Waals surface area contributed by atoms with Crippen LogP contribution in [0.5, 0.6) is 0 Å². The molecule has 122 valence electrons. The molecule has 24 heavy (non-hydrogen) atoms. The second kappa shape index (κ2) is 5.08. The Morgan fingerprint density at radius 2 is 1.83 bits per heavy atom. The molecular formula is C20H19NO2S. The summed E-state index contributed by atoms with van der Waals surface area (Å²) < 4.78 is 8.63. The third kappa shape index (κ3) is 2.21. The Morgan fingerprint density at radius 3 is 2.58 bits per heavy atom. The summed E-state index contributed by atoms with van der Waals surface area (Å²) in [7, 11) is 0. The first kappa shape index (κ1) is 15.2. The lowest BCUT2D eigenvalue weighted by atomic mass is 10.1. The molecule has 2 aromatic heterocycles. The summed E-state index contributed by atoms with van der Waals surface area (Å²) in [6, 6.07) is 12.3. The maximum atomic E-state index is 12.9. The minimum atomic E-state index is -0.534. The summed E-state index contributed by atoms with van der Waals surface area (Å²) >= 11 is 1.71. The van der Waals surface area contributed by atoms with Crippen LogP contribution in [0.15, 0.2) is 41.8 Å². The van der Waals surface area contributed by atoms with Gasteiger partial charge in [0.1, 0.15) is 5.60 Å². The van der Waals surface area contributed by atoms with Gasteiger partial charge in [0.15, 0.2) is 0 Å². The molecule has 0 atom stereocenters. The lowest BCUT2D eigenvalue weighted by Crippen LogP contribution is -2.27. The molecule has 0 unspecified atom stereocenters. The third-order valence-corrected chi connectivity index (χ3v) is 5.18. The first-order valence-electron chi connectivity index (χ1n) is 8.00. The van der Waals surface area contributed by atoms with Gasteiger partial charge in [-0.05, 0) is 56.8 Å². The van der Waals surface area contributed by atoms with E-state index in [1.54, 1.807) is 15.9 Å². The molecular weight excluding hydrogens is 318 g/mol. The van der Waals surface area contributed by atoms with E-state index in [1.165, 1.54) is 10.3 Å². The Labute approximate surface area is 144 Å². The fraction of sp³-hybridized carbons (Fsp3) is 0.250. The van der Waals surface area contributed by atoms with E-state index < -0.39 is 5.60 Å². The second-order valence-electron chi connectivity index (χ2n) is 7.09. The van der Waals surface area contributed by atoms with Crippen LogP contribution in [0, 0.1) is 6.92 Å². The average Bonchev–Trinajstić information content (AvgIpc) is 3.08. The van der Waals surface area contributed by atoms with E-state index in [9.17, 15) is 4.79 Å². The molecule has 0 aliphatic carbocycles. The van der Waals surface area contributed by atoms with Crippen molar-refractivity contribution in [3.63, 3.8) is 0 Å². The van der Waals surface area contributed by atoms with E-state index in [4.69, 9.17) is 4.74 Å². The average molecular weight is 337 g/mol. The predicted octanol–water partition coefficient (Wildman–Crippen LogP) is 6.10. The number of aromatic nitrogens is 1.